The monoisotopic (exact) mass is 283 g/mol. The van der Waals surface area contributed by atoms with Crippen molar-refractivity contribution in [1.29, 1.82) is 0 Å². The number of aromatic carboxylic acids is 1. The molecule has 1 aromatic carbocycles. The molecule has 1 aromatic heterocycles. The molecule has 2 aromatic rings. The first-order valence-electron chi connectivity index (χ1n) is 7.11. The third-order valence-electron chi connectivity index (χ3n) is 3.82. The van der Waals surface area contributed by atoms with Gasteiger partial charge in [-0.1, -0.05) is 12.1 Å². The lowest BCUT2D eigenvalue weighted by Crippen LogP contribution is -2.29. The van der Waals surface area contributed by atoms with Crippen molar-refractivity contribution in [1.82, 2.24) is 15.3 Å². The van der Waals surface area contributed by atoms with Gasteiger partial charge < -0.3 is 10.4 Å². The van der Waals surface area contributed by atoms with Crippen LogP contribution in [0.15, 0.2) is 36.7 Å². The third kappa shape index (κ3) is 2.92. The van der Waals surface area contributed by atoms with Crippen LogP contribution >= 0.6 is 0 Å². The second-order valence-electron chi connectivity index (χ2n) is 5.22. The zero-order valence-electron chi connectivity index (χ0n) is 11.6. The molecule has 0 radical (unpaired) electrons. The molecule has 0 amide bonds. The molecule has 1 atom stereocenters. The number of benzene rings is 1. The van der Waals surface area contributed by atoms with E-state index in [4.69, 9.17) is 5.11 Å². The number of hydrogen-bond acceptors (Lipinski definition) is 4. The van der Waals surface area contributed by atoms with Gasteiger partial charge in [0.05, 0.1) is 17.0 Å². The Morgan fingerprint density at radius 2 is 1.95 bits per heavy atom. The smallest absolute Gasteiger partial charge is 0.335 e. The van der Waals surface area contributed by atoms with Gasteiger partial charge in [0.1, 0.15) is 0 Å². The number of carbonyl (C=O) groups is 1. The highest BCUT2D eigenvalue weighted by atomic mass is 16.4. The molecule has 5 nitrogen and oxygen atoms in total. The van der Waals surface area contributed by atoms with E-state index in [0.717, 1.165) is 42.9 Å². The van der Waals surface area contributed by atoms with Crippen molar-refractivity contribution >= 4 is 5.97 Å². The predicted molar refractivity (Wildman–Crippen MR) is 79.3 cm³/mol. The molecule has 0 bridgehead atoms. The van der Waals surface area contributed by atoms with Crippen molar-refractivity contribution in [2.24, 2.45) is 0 Å². The Balaban J connectivity index is 1.96. The summed E-state index contributed by atoms with van der Waals surface area (Å²) < 4.78 is 0. The largest absolute Gasteiger partial charge is 0.478 e. The van der Waals surface area contributed by atoms with Crippen LogP contribution in [0.1, 0.15) is 34.8 Å². The number of aromatic nitrogens is 2. The summed E-state index contributed by atoms with van der Waals surface area (Å²) in [5.41, 5.74) is 3.04. The second kappa shape index (κ2) is 6.01. The summed E-state index contributed by atoms with van der Waals surface area (Å²) in [6.07, 6.45) is 5.64. The first kappa shape index (κ1) is 13.7. The van der Waals surface area contributed by atoms with Crippen molar-refractivity contribution < 1.29 is 9.90 Å². The number of nitrogens with one attached hydrogen (secondary N) is 1. The van der Waals surface area contributed by atoms with E-state index in [2.05, 4.69) is 15.3 Å². The lowest BCUT2D eigenvalue weighted by Gasteiger charge is -2.23. The Labute approximate surface area is 123 Å². The molecule has 0 saturated carbocycles. The Morgan fingerprint density at radius 1 is 1.19 bits per heavy atom. The zero-order chi connectivity index (χ0) is 14.7. The summed E-state index contributed by atoms with van der Waals surface area (Å²) in [5.74, 6) is -0.556. The lowest BCUT2D eigenvalue weighted by atomic mass is 9.92. The topological polar surface area (TPSA) is 75.1 Å². The van der Waals surface area contributed by atoms with Crippen LogP contribution in [0.4, 0.5) is 0 Å². The van der Waals surface area contributed by atoms with Crippen LogP contribution in [0.5, 0.6) is 0 Å². The first-order chi connectivity index (χ1) is 10.3. The average Bonchev–Trinajstić information content (AvgIpc) is 2.56. The number of carboxylic acids is 1. The summed E-state index contributed by atoms with van der Waals surface area (Å²) in [7, 11) is 0. The summed E-state index contributed by atoms with van der Waals surface area (Å²) in [6, 6.07) is 6.81. The Kier molecular flexibility index (Phi) is 3.92. The molecule has 108 valence electrons. The van der Waals surface area contributed by atoms with Crippen LogP contribution in [0, 0.1) is 0 Å². The van der Waals surface area contributed by atoms with E-state index in [9.17, 15) is 4.79 Å². The van der Waals surface area contributed by atoms with E-state index in [1.807, 2.05) is 0 Å². The first-order valence-corrected chi connectivity index (χ1v) is 7.11. The highest BCUT2D eigenvalue weighted by Crippen LogP contribution is 2.29. The minimum atomic E-state index is -0.919. The summed E-state index contributed by atoms with van der Waals surface area (Å²) in [5, 5.41) is 12.4. The molecule has 1 unspecified atom stereocenters. The van der Waals surface area contributed by atoms with Crippen LogP contribution < -0.4 is 5.32 Å². The molecule has 21 heavy (non-hydrogen) atoms. The van der Waals surface area contributed by atoms with Gasteiger partial charge in [0.2, 0.25) is 0 Å². The van der Waals surface area contributed by atoms with E-state index in [-0.39, 0.29) is 5.56 Å². The van der Waals surface area contributed by atoms with Crippen molar-refractivity contribution in [3.8, 4) is 11.3 Å². The number of carboxylic acid groups (broad SMARTS) is 1. The fourth-order valence-electron chi connectivity index (χ4n) is 2.73. The Hall–Kier alpha value is -2.27. The zero-order valence-corrected chi connectivity index (χ0v) is 11.6. The van der Waals surface area contributed by atoms with E-state index in [0.29, 0.717) is 5.92 Å². The van der Waals surface area contributed by atoms with Crippen molar-refractivity contribution in [2.45, 2.75) is 18.8 Å². The maximum atomic E-state index is 10.9. The minimum absolute atomic E-state index is 0.281. The normalized spacial score (nSPS) is 18.4. The molecule has 1 saturated heterocycles. The van der Waals surface area contributed by atoms with Gasteiger partial charge in [-0.3, -0.25) is 9.97 Å². The van der Waals surface area contributed by atoms with Gasteiger partial charge in [0.25, 0.3) is 0 Å². The molecule has 3 rings (SSSR count). The number of hydrogen-bond donors (Lipinski definition) is 2. The van der Waals surface area contributed by atoms with Gasteiger partial charge in [-0.15, -0.1) is 0 Å². The van der Waals surface area contributed by atoms with E-state index >= 15 is 0 Å². The predicted octanol–water partition coefficient (Wildman–Crippen LogP) is 2.31. The van der Waals surface area contributed by atoms with Gasteiger partial charge in [-0.25, -0.2) is 4.79 Å². The molecule has 5 heteroatoms. The highest BCUT2D eigenvalue weighted by molar-refractivity contribution is 5.88. The number of piperidine rings is 1. The average molecular weight is 283 g/mol. The van der Waals surface area contributed by atoms with Crippen LogP contribution in [0.2, 0.25) is 0 Å². The number of nitrogens with zero attached hydrogens (tertiary/aromatic N) is 2. The molecule has 1 aliphatic rings. The lowest BCUT2D eigenvalue weighted by molar-refractivity contribution is 0.0697. The molecule has 0 aliphatic carbocycles. The van der Waals surface area contributed by atoms with Gasteiger partial charge in [-0.05, 0) is 31.5 Å². The molecule has 1 fully saturated rings. The van der Waals surface area contributed by atoms with Crippen molar-refractivity contribution in [3.05, 3.63) is 47.9 Å². The van der Waals surface area contributed by atoms with Crippen LogP contribution in [-0.4, -0.2) is 34.1 Å². The molecule has 0 spiro atoms. The quantitative estimate of drug-likeness (QED) is 0.904. The van der Waals surface area contributed by atoms with Gasteiger partial charge in [0.15, 0.2) is 0 Å². The number of rotatable bonds is 3. The van der Waals surface area contributed by atoms with Crippen molar-refractivity contribution in [2.75, 3.05) is 13.1 Å². The molecule has 2 N–H and O–H groups in total. The van der Waals surface area contributed by atoms with Crippen LogP contribution in [0.3, 0.4) is 0 Å². The Bertz CT molecular complexity index is 634. The molecule has 2 heterocycles. The van der Waals surface area contributed by atoms with Crippen LogP contribution in [-0.2, 0) is 0 Å². The van der Waals surface area contributed by atoms with Gasteiger partial charge in [0, 0.05) is 30.4 Å². The summed E-state index contributed by atoms with van der Waals surface area (Å²) >= 11 is 0. The van der Waals surface area contributed by atoms with E-state index in [1.54, 1.807) is 36.7 Å². The minimum Gasteiger partial charge on any atom is -0.478 e. The standard InChI is InChI=1S/C16H17N3O2/c20-16(21)12-5-3-11(4-6-12)14-15(19-9-8-18-14)13-2-1-7-17-10-13/h3-6,8-9,13,17H,1-2,7,10H2,(H,20,21). The van der Waals surface area contributed by atoms with Crippen LogP contribution in [0.25, 0.3) is 11.3 Å². The maximum absolute atomic E-state index is 10.9. The van der Waals surface area contributed by atoms with E-state index in [1.165, 1.54) is 0 Å². The highest BCUT2D eigenvalue weighted by Gasteiger charge is 2.21. The summed E-state index contributed by atoms with van der Waals surface area (Å²) in [4.78, 5) is 19.9. The molecular formula is C16H17N3O2. The fourth-order valence-corrected chi connectivity index (χ4v) is 2.73. The molecule has 1 aliphatic heterocycles. The third-order valence-corrected chi connectivity index (χ3v) is 3.82. The van der Waals surface area contributed by atoms with Crippen molar-refractivity contribution in [3.63, 3.8) is 0 Å². The fraction of sp³-hybridized carbons (Fsp3) is 0.312. The second-order valence-corrected chi connectivity index (χ2v) is 5.22. The van der Waals surface area contributed by atoms with Gasteiger partial charge in [-0.2, -0.15) is 0 Å². The molecular weight excluding hydrogens is 266 g/mol. The van der Waals surface area contributed by atoms with E-state index < -0.39 is 5.97 Å². The Morgan fingerprint density at radius 3 is 2.62 bits per heavy atom. The maximum Gasteiger partial charge on any atom is 0.335 e. The summed E-state index contributed by atoms with van der Waals surface area (Å²) in [6.45, 7) is 1.97. The van der Waals surface area contributed by atoms with Gasteiger partial charge >= 0.3 is 5.97 Å². The SMILES string of the molecule is O=C(O)c1ccc(-c2nccnc2C2CCCNC2)cc1.